The number of rotatable bonds is 5. The zero-order valence-electron chi connectivity index (χ0n) is 13.7. The summed E-state index contributed by atoms with van der Waals surface area (Å²) in [5.74, 6) is -3.65. The fourth-order valence-corrected chi connectivity index (χ4v) is 2.53. The lowest BCUT2D eigenvalue weighted by Gasteiger charge is -2.25. The molecule has 128 valence electrons. The third-order valence-corrected chi connectivity index (χ3v) is 3.79. The van der Waals surface area contributed by atoms with Crippen molar-refractivity contribution in [1.29, 1.82) is 0 Å². The second-order valence-corrected chi connectivity index (χ2v) is 5.80. The van der Waals surface area contributed by atoms with Crippen molar-refractivity contribution in [2.24, 2.45) is 0 Å². The molecule has 0 bridgehead atoms. The Kier molecular flexibility index (Phi) is 5.62. The first-order valence-electron chi connectivity index (χ1n) is 7.44. The predicted molar refractivity (Wildman–Crippen MR) is 85.8 cm³/mol. The van der Waals surface area contributed by atoms with Crippen molar-refractivity contribution < 1.29 is 18.0 Å². The molecule has 2 rings (SSSR count). The highest BCUT2D eigenvalue weighted by Crippen LogP contribution is 2.22. The lowest BCUT2D eigenvalue weighted by Crippen LogP contribution is -2.37. The number of halogens is 3. The highest BCUT2D eigenvalue weighted by molar-refractivity contribution is 5.83. The Balaban J connectivity index is 2.18. The molecule has 0 heterocycles. The van der Waals surface area contributed by atoms with Gasteiger partial charge in [-0.05, 0) is 38.2 Å². The Morgan fingerprint density at radius 3 is 2.33 bits per heavy atom. The van der Waals surface area contributed by atoms with E-state index in [1.807, 2.05) is 31.2 Å². The summed E-state index contributed by atoms with van der Waals surface area (Å²) in [7, 11) is 3.52. The molecule has 0 spiro atoms. The predicted octanol–water partition coefficient (Wildman–Crippen LogP) is 3.33. The smallest absolute Gasteiger partial charge is 0.242 e. The summed E-state index contributed by atoms with van der Waals surface area (Å²) in [6.07, 6.45) is 0. The molecule has 0 radical (unpaired) electrons. The van der Waals surface area contributed by atoms with E-state index in [1.54, 1.807) is 19.0 Å². The van der Waals surface area contributed by atoms with Gasteiger partial charge in [-0.15, -0.1) is 0 Å². The second-order valence-electron chi connectivity index (χ2n) is 5.80. The Hall–Kier alpha value is -2.34. The summed E-state index contributed by atoms with van der Waals surface area (Å²) >= 11 is 0. The van der Waals surface area contributed by atoms with Gasteiger partial charge in [-0.25, -0.2) is 13.2 Å². The van der Waals surface area contributed by atoms with Crippen molar-refractivity contribution in [3.63, 3.8) is 0 Å². The van der Waals surface area contributed by atoms with Crippen LogP contribution in [0.25, 0.3) is 0 Å². The van der Waals surface area contributed by atoms with Gasteiger partial charge in [0.1, 0.15) is 11.9 Å². The van der Waals surface area contributed by atoms with Gasteiger partial charge in [0.2, 0.25) is 5.91 Å². The maximum absolute atomic E-state index is 13.7. The molecular formula is C18H19F3N2O. The van der Waals surface area contributed by atoms with E-state index in [0.717, 1.165) is 17.2 Å². The number of benzene rings is 2. The molecule has 0 aliphatic carbocycles. The number of likely N-dealkylation sites (N-methyl/N-ethyl adjacent to an activating group) is 1. The molecule has 0 aromatic heterocycles. The third-order valence-electron chi connectivity index (χ3n) is 3.79. The summed E-state index contributed by atoms with van der Waals surface area (Å²) in [6.45, 7) is 1.67. The Morgan fingerprint density at radius 1 is 1.08 bits per heavy atom. The quantitative estimate of drug-likeness (QED) is 0.850. The van der Waals surface area contributed by atoms with Gasteiger partial charge in [-0.2, -0.15) is 0 Å². The average Bonchev–Trinajstić information content (AvgIpc) is 2.51. The molecule has 0 saturated carbocycles. The Bertz CT molecular complexity index is 747. The topological polar surface area (TPSA) is 32.3 Å². The van der Waals surface area contributed by atoms with Gasteiger partial charge in [0.15, 0.2) is 11.6 Å². The third kappa shape index (κ3) is 3.94. The molecule has 1 amide bonds. The molecule has 24 heavy (non-hydrogen) atoms. The highest BCUT2D eigenvalue weighted by Gasteiger charge is 2.24. The van der Waals surface area contributed by atoms with Crippen LogP contribution < -0.4 is 5.32 Å². The van der Waals surface area contributed by atoms with E-state index in [4.69, 9.17) is 0 Å². The van der Waals surface area contributed by atoms with Crippen molar-refractivity contribution in [2.75, 3.05) is 14.1 Å². The van der Waals surface area contributed by atoms with Crippen LogP contribution in [0, 0.1) is 24.4 Å². The number of nitrogens with one attached hydrogen (secondary N) is 1. The van der Waals surface area contributed by atoms with Crippen molar-refractivity contribution in [1.82, 2.24) is 10.2 Å². The zero-order valence-corrected chi connectivity index (χ0v) is 13.7. The molecule has 2 aromatic carbocycles. The second kappa shape index (κ2) is 7.49. The number of aryl methyl sites for hydroxylation is 1. The standard InChI is InChI=1S/C18H19F3N2O/c1-11-6-4-5-7-13(11)17(23(2)3)18(24)22-10-12-8-15(20)16(21)9-14(12)19/h4-9,17H,10H2,1-3H3,(H,22,24)/t17-/m1/s1. The van der Waals surface area contributed by atoms with Crippen LogP contribution in [0.1, 0.15) is 22.7 Å². The number of carbonyl (C=O) groups excluding carboxylic acids is 1. The summed E-state index contributed by atoms with van der Waals surface area (Å²) in [4.78, 5) is 14.3. The minimum atomic E-state index is -1.26. The van der Waals surface area contributed by atoms with E-state index in [2.05, 4.69) is 5.32 Å². The number of nitrogens with zero attached hydrogens (tertiary/aromatic N) is 1. The molecule has 0 unspecified atom stereocenters. The van der Waals surface area contributed by atoms with Crippen molar-refractivity contribution >= 4 is 5.91 Å². The van der Waals surface area contributed by atoms with E-state index in [9.17, 15) is 18.0 Å². The molecule has 0 aliphatic heterocycles. The van der Waals surface area contributed by atoms with E-state index < -0.39 is 23.5 Å². The van der Waals surface area contributed by atoms with Gasteiger partial charge in [0, 0.05) is 18.2 Å². The molecule has 3 nitrogen and oxygen atoms in total. The zero-order chi connectivity index (χ0) is 17.9. The number of carbonyl (C=O) groups is 1. The molecule has 0 aliphatic rings. The molecule has 1 N–H and O–H groups in total. The molecular weight excluding hydrogens is 317 g/mol. The monoisotopic (exact) mass is 336 g/mol. The lowest BCUT2D eigenvalue weighted by atomic mass is 9.99. The van der Waals surface area contributed by atoms with Gasteiger partial charge in [0.05, 0.1) is 0 Å². The first kappa shape index (κ1) is 18.0. The normalized spacial score (nSPS) is 12.3. The fraction of sp³-hybridized carbons (Fsp3) is 0.278. The van der Waals surface area contributed by atoms with Gasteiger partial charge >= 0.3 is 0 Å². The van der Waals surface area contributed by atoms with Gasteiger partial charge < -0.3 is 5.32 Å². The summed E-state index contributed by atoms with van der Waals surface area (Å²) in [5, 5.41) is 2.58. The summed E-state index contributed by atoms with van der Waals surface area (Å²) in [6, 6.07) is 8.11. The van der Waals surface area contributed by atoms with E-state index in [1.165, 1.54) is 0 Å². The van der Waals surface area contributed by atoms with Gasteiger partial charge in [-0.3, -0.25) is 9.69 Å². The van der Waals surface area contributed by atoms with E-state index in [0.29, 0.717) is 6.07 Å². The van der Waals surface area contributed by atoms with Crippen molar-refractivity contribution in [3.05, 3.63) is 70.5 Å². The van der Waals surface area contributed by atoms with Crippen LogP contribution in [0.15, 0.2) is 36.4 Å². The van der Waals surface area contributed by atoms with Crippen LogP contribution in [0.3, 0.4) is 0 Å². The van der Waals surface area contributed by atoms with Crippen molar-refractivity contribution in [2.45, 2.75) is 19.5 Å². The SMILES string of the molecule is Cc1ccccc1[C@H](C(=O)NCc1cc(F)c(F)cc1F)N(C)C. The maximum atomic E-state index is 13.7. The minimum Gasteiger partial charge on any atom is -0.350 e. The number of amides is 1. The molecule has 0 saturated heterocycles. The Morgan fingerprint density at radius 2 is 1.71 bits per heavy atom. The van der Waals surface area contributed by atoms with Gasteiger partial charge in [0.25, 0.3) is 0 Å². The summed E-state index contributed by atoms with van der Waals surface area (Å²) in [5.41, 5.74) is 1.67. The van der Waals surface area contributed by atoms with Crippen LogP contribution in [-0.4, -0.2) is 24.9 Å². The van der Waals surface area contributed by atoms with Crippen LogP contribution in [0.4, 0.5) is 13.2 Å². The first-order valence-corrected chi connectivity index (χ1v) is 7.44. The van der Waals surface area contributed by atoms with Crippen LogP contribution >= 0.6 is 0 Å². The number of hydrogen-bond donors (Lipinski definition) is 1. The highest BCUT2D eigenvalue weighted by atomic mass is 19.2. The maximum Gasteiger partial charge on any atom is 0.242 e. The van der Waals surface area contributed by atoms with Crippen LogP contribution in [-0.2, 0) is 11.3 Å². The first-order chi connectivity index (χ1) is 11.3. The molecule has 1 atom stereocenters. The van der Waals surface area contributed by atoms with Gasteiger partial charge in [-0.1, -0.05) is 24.3 Å². The Labute approximate surface area is 139 Å². The van der Waals surface area contributed by atoms with Crippen LogP contribution in [0.2, 0.25) is 0 Å². The largest absolute Gasteiger partial charge is 0.350 e. The van der Waals surface area contributed by atoms with E-state index >= 15 is 0 Å². The molecule has 6 heteroatoms. The fourth-order valence-electron chi connectivity index (χ4n) is 2.53. The van der Waals surface area contributed by atoms with Crippen molar-refractivity contribution in [3.8, 4) is 0 Å². The average molecular weight is 336 g/mol. The number of hydrogen-bond acceptors (Lipinski definition) is 2. The lowest BCUT2D eigenvalue weighted by molar-refractivity contribution is -0.126. The molecule has 2 aromatic rings. The van der Waals surface area contributed by atoms with E-state index in [-0.39, 0.29) is 18.0 Å². The minimum absolute atomic E-state index is 0.107. The summed E-state index contributed by atoms with van der Waals surface area (Å²) < 4.78 is 39.8. The van der Waals surface area contributed by atoms with Crippen LogP contribution in [0.5, 0.6) is 0 Å². The molecule has 0 fully saturated rings.